The molecule has 0 spiro atoms. The molecule has 0 amide bonds. The van der Waals surface area contributed by atoms with Crippen molar-refractivity contribution in [3.05, 3.63) is 167 Å². The molecule has 6 aliphatic rings. The van der Waals surface area contributed by atoms with Crippen molar-refractivity contribution < 1.29 is 9.47 Å². The molecule has 14 unspecified atom stereocenters. The van der Waals surface area contributed by atoms with E-state index in [2.05, 4.69) is 313 Å². The molecular formula is C112H139N9O2. The van der Waals surface area contributed by atoms with E-state index < -0.39 is 17.2 Å². The number of hydrogen-bond acceptors (Lipinski definition) is 5. The van der Waals surface area contributed by atoms with E-state index in [0.29, 0.717) is 11.8 Å². The van der Waals surface area contributed by atoms with Crippen LogP contribution >= 0.6 is 0 Å². The van der Waals surface area contributed by atoms with E-state index in [1.807, 2.05) is 0 Å². The lowest BCUT2D eigenvalue weighted by molar-refractivity contribution is -0.191. The van der Waals surface area contributed by atoms with Crippen LogP contribution in [0.15, 0.2) is 0 Å². The summed E-state index contributed by atoms with van der Waals surface area (Å²) in [6.07, 6.45) is 1.85. The van der Waals surface area contributed by atoms with Gasteiger partial charge < -0.3 is 37.3 Å². The smallest absolute Gasteiger partial charge is 0.148 e. The number of fused-ring (bicyclic) bond motifs is 33. The highest BCUT2D eigenvalue weighted by atomic mass is 16.6. The molecule has 11 nitrogen and oxygen atoms in total. The number of nitrogens with zero attached hydrogens (tertiary/aromatic N) is 8. The molecule has 0 saturated carbocycles. The van der Waals surface area contributed by atoms with E-state index in [1.165, 1.54) is 298 Å². The fourth-order valence-corrected chi connectivity index (χ4v) is 29.1. The largest absolute Gasteiger partial charge is 0.355 e. The van der Waals surface area contributed by atoms with Gasteiger partial charge in [0.1, 0.15) is 17.2 Å². The third kappa shape index (κ3) is 9.13. The lowest BCUT2D eigenvalue weighted by Crippen LogP contribution is -2.49. The summed E-state index contributed by atoms with van der Waals surface area (Å²) in [4.78, 5) is 13.0. The second-order valence-electron chi connectivity index (χ2n) is 42.7. The van der Waals surface area contributed by atoms with Crippen molar-refractivity contribution in [1.82, 2.24) is 42.5 Å². The van der Waals surface area contributed by atoms with Gasteiger partial charge in [-0.1, -0.05) is 34.6 Å². The fraction of sp³-hybridized carbons (Fsp3) is 0.518. The summed E-state index contributed by atoms with van der Waals surface area (Å²) in [6, 6.07) is 0.964. The zero-order valence-electron chi connectivity index (χ0n) is 82.3. The van der Waals surface area contributed by atoms with E-state index in [9.17, 15) is 0 Å². The minimum Gasteiger partial charge on any atom is -0.355 e. The number of aromatic nitrogens is 6. The summed E-state index contributed by atoms with van der Waals surface area (Å²) in [7, 11) is 7.13. The average molecular weight is 1640 g/mol. The Hall–Kier alpha value is -8.42. The van der Waals surface area contributed by atoms with E-state index in [0.717, 1.165) is 32.5 Å². The van der Waals surface area contributed by atoms with Crippen molar-refractivity contribution in [3.8, 4) is 0 Å². The zero-order chi connectivity index (χ0) is 88.3. The Balaban J connectivity index is 0.762. The van der Waals surface area contributed by atoms with Gasteiger partial charge in [0, 0.05) is 146 Å². The molecule has 1 N–H and O–H groups in total. The standard InChI is InChI=1S/C112H139N9O2/c1-45-44-122-110(34,69(25)46(45)2)119-102-65(21)53(9)49(5)59(15)83(102)93-87-73(29)114(37)72(28)86(87)92-80-61(17)55(11)78(67(23)98(80)113-99(92)105(93)119)40-42-117-76(32)90-91(77(117)33)97-85-62(18)56(12)79(68(24)104(85)121-109(97)108-96(90)84-60(16)50(6)54(10)66(22)103(84)120(108)111(35)70(26)71(27)112(121,36)123-111)41-43-118-74(30)88-89(75(118)31)95-82-58(14)48(4)52(8)64(20)101(82)116(39)107(95)106-94(88)81-57(13)47(3)51(7)63(19)100(81)115(106)38/h45-46,69-77,113H,40-44H2,1-39H3. The SMILES string of the molecule is Cc1c(CCN2C(C)c3c(c4c5c(C)c(C)c(CCN6C(C)c7c(c8c9c(C)c(C)c(C)c(C)c9n(C)c8c8c7c7c(C)c(C)c(C)c(C)c7n8C)C6C)c(C)c5n5c4c4c3c3c(C)c(C)c(C)c(C)c3n4C3(C)OC5(C)C(C)C3C)C2C)c(C)c2[nH]c3c(c4c(c5c6c(C)c(C)c(C)c(C)c6n(C6(C)OCC(C)C(C)C6C)c35)C(C)N(C)C4C)c2c1C. The number of rotatable bonds is 7. The van der Waals surface area contributed by atoms with Gasteiger partial charge in [-0.25, -0.2) is 0 Å². The van der Waals surface area contributed by atoms with Crippen molar-refractivity contribution in [1.29, 1.82) is 0 Å². The summed E-state index contributed by atoms with van der Waals surface area (Å²) in [5, 5.41) is 17.2. The van der Waals surface area contributed by atoms with Crippen molar-refractivity contribution in [2.45, 2.75) is 316 Å². The first-order valence-electron chi connectivity index (χ1n) is 47.4. The molecule has 2 fully saturated rings. The van der Waals surface area contributed by atoms with Crippen LogP contribution < -0.4 is 0 Å². The molecule has 15 aromatic rings. The van der Waals surface area contributed by atoms with Crippen LogP contribution in [-0.4, -0.2) is 69.3 Å². The Morgan fingerprint density at radius 3 is 0.976 bits per heavy atom. The molecule has 2 bridgehead atoms. The number of aromatic amines is 1. The fourth-order valence-electron chi connectivity index (χ4n) is 29.1. The van der Waals surface area contributed by atoms with Crippen LogP contribution in [0.2, 0.25) is 0 Å². The molecular weight excluding hydrogens is 1500 g/mol. The topological polar surface area (TPSA) is 68.6 Å². The normalized spacial score (nSPS) is 26.3. The number of aryl methyl sites for hydroxylation is 14. The Kier molecular flexibility index (Phi) is 17.1. The maximum Gasteiger partial charge on any atom is 0.148 e. The van der Waals surface area contributed by atoms with E-state index in [1.54, 1.807) is 0 Å². The lowest BCUT2D eigenvalue weighted by Gasteiger charge is -2.48. The van der Waals surface area contributed by atoms with E-state index in [4.69, 9.17) is 9.47 Å². The lowest BCUT2D eigenvalue weighted by atomic mass is 9.77. The average Bonchev–Trinajstić information content (AvgIpc) is 1.48. The van der Waals surface area contributed by atoms with Crippen molar-refractivity contribution in [3.63, 3.8) is 0 Å². The highest BCUT2D eigenvalue weighted by Gasteiger charge is 2.61. The van der Waals surface area contributed by atoms with Crippen LogP contribution in [0.1, 0.15) is 300 Å². The molecule has 2 saturated heterocycles. The summed E-state index contributed by atoms with van der Waals surface area (Å²) in [5.41, 5.74) is 57.2. The number of hydrogen-bond donors (Lipinski definition) is 1. The van der Waals surface area contributed by atoms with Gasteiger partial charge in [0.05, 0.1) is 72.8 Å². The molecule has 123 heavy (non-hydrogen) atoms. The van der Waals surface area contributed by atoms with Gasteiger partial charge in [0.2, 0.25) is 0 Å². The van der Waals surface area contributed by atoms with Gasteiger partial charge in [-0.15, -0.1) is 0 Å². The minimum absolute atomic E-state index is 0.0977. The second-order valence-corrected chi connectivity index (χ2v) is 42.7. The van der Waals surface area contributed by atoms with E-state index >= 15 is 0 Å². The van der Waals surface area contributed by atoms with Crippen molar-refractivity contribution in [2.75, 3.05) is 26.7 Å². The van der Waals surface area contributed by atoms with Crippen LogP contribution in [0.5, 0.6) is 0 Å². The molecule has 0 aliphatic carbocycles. The molecule has 9 aromatic carbocycles. The number of H-pyrrole nitrogens is 1. The van der Waals surface area contributed by atoms with Gasteiger partial charge >= 0.3 is 0 Å². The quantitative estimate of drug-likeness (QED) is 0.172. The second kappa shape index (κ2) is 25.7. The van der Waals surface area contributed by atoms with E-state index in [-0.39, 0.29) is 54.0 Å². The predicted octanol–water partition coefficient (Wildman–Crippen LogP) is 28.4. The van der Waals surface area contributed by atoms with Crippen LogP contribution in [0.4, 0.5) is 0 Å². The van der Waals surface area contributed by atoms with Crippen molar-refractivity contribution >= 4 is 131 Å². The Bertz CT molecular complexity index is 7390. The third-order valence-electron chi connectivity index (χ3n) is 38.9. The molecule has 21 rings (SSSR count). The summed E-state index contributed by atoms with van der Waals surface area (Å²) in [6.45, 7) is 90.9. The molecule has 6 aliphatic heterocycles. The molecule has 644 valence electrons. The Labute approximate surface area is 731 Å². The maximum atomic E-state index is 8.35. The first kappa shape index (κ1) is 81.6. The molecule has 11 heteroatoms. The summed E-state index contributed by atoms with van der Waals surface area (Å²) in [5.74, 6) is 1.54. The highest BCUT2D eigenvalue weighted by molar-refractivity contribution is 6.31. The Morgan fingerprint density at radius 1 is 0.276 bits per heavy atom. The van der Waals surface area contributed by atoms with Gasteiger partial charge in [0.15, 0.2) is 0 Å². The first-order valence-corrected chi connectivity index (χ1v) is 47.4. The number of benzene rings is 9. The zero-order valence-corrected chi connectivity index (χ0v) is 82.3. The number of nitrogens with one attached hydrogen (secondary N) is 1. The van der Waals surface area contributed by atoms with Crippen LogP contribution in [0, 0.1) is 182 Å². The molecule has 0 radical (unpaired) electrons. The van der Waals surface area contributed by atoms with Crippen LogP contribution in [0.25, 0.3) is 131 Å². The summed E-state index contributed by atoms with van der Waals surface area (Å²) >= 11 is 0. The summed E-state index contributed by atoms with van der Waals surface area (Å²) < 4.78 is 29.5. The Morgan fingerprint density at radius 2 is 0.577 bits per heavy atom. The first-order chi connectivity index (χ1) is 57.8. The molecule has 12 heterocycles. The minimum atomic E-state index is -0.690. The van der Waals surface area contributed by atoms with Crippen LogP contribution in [-0.2, 0) is 53.6 Å². The predicted molar refractivity (Wildman–Crippen MR) is 523 cm³/mol. The monoisotopic (exact) mass is 1640 g/mol. The maximum absolute atomic E-state index is 8.35. The van der Waals surface area contributed by atoms with Crippen LogP contribution in [0.3, 0.4) is 0 Å². The highest BCUT2D eigenvalue weighted by Crippen LogP contribution is 2.66. The number of ether oxygens (including phenoxy) is 2. The van der Waals surface area contributed by atoms with Gasteiger partial charge in [-0.2, -0.15) is 0 Å². The van der Waals surface area contributed by atoms with Gasteiger partial charge in [-0.3, -0.25) is 14.7 Å². The molecule has 14 atom stereocenters. The van der Waals surface area contributed by atoms with Crippen molar-refractivity contribution in [2.24, 2.45) is 43.7 Å². The van der Waals surface area contributed by atoms with Gasteiger partial charge in [0.25, 0.3) is 0 Å². The molecule has 6 aromatic heterocycles. The van der Waals surface area contributed by atoms with Gasteiger partial charge in [-0.05, 0) is 413 Å². The third-order valence-corrected chi connectivity index (χ3v) is 38.9.